The van der Waals surface area contributed by atoms with Crippen molar-refractivity contribution < 1.29 is 13.9 Å². The Morgan fingerprint density at radius 3 is 2.71 bits per heavy atom. The number of amides is 1. The van der Waals surface area contributed by atoms with E-state index in [4.69, 9.17) is 4.74 Å². The number of rotatable bonds is 2. The molecule has 3 rings (SSSR count). The van der Waals surface area contributed by atoms with Crippen molar-refractivity contribution in [2.24, 2.45) is 0 Å². The van der Waals surface area contributed by atoms with Crippen LogP contribution < -0.4 is 5.32 Å². The number of hydrogen-bond acceptors (Lipinski definition) is 2. The van der Waals surface area contributed by atoms with Gasteiger partial charge in [-0.2, -0.15) is 0 Å². The molecule has 1 saturated heterocycles. The number of nitrogens with one attached hydrogen (secondary N) is 1. The molecule has 2 aromatic carbocycles. The quantitative estimate of drug-likeness (QED) is 0.920. The molecule has 1 aliphatic heterocycles. The van der Waals surface area contributed by atoms with Crippen LogP contribution in [-0.2, 0) is 4.74 Å². The summed E-state index contributed by atoms with van der Waals surface area (Å²) in [5, 5.41) is 4.14. The first-order valence-electron chi connectivity index (χ1n) is 7.17. The molecule has 1 fully saturated rings. The number of fused-ring (bicyclic) bond motifs is 1. The minimum atomic E-state index is -0.356. The lowest BCUT2D eigenvalue weighted by molar-refractivity contribution is 0.0273. The predicted molar refractivity (Wildman–Crippen MR) is 79.8 cm³/mol. The molecule has 2 aromatic rings. The van der Waals surface area contributed by atoms with Crippen molar-refractivity contribution in [2.45, 2.75) is 25.3 Å². The maximum Gasteiger partial charge on any atom is 0.252 e. The van der Waals surface area contributed by atoms with Crippen LogP contribution in [0.3, 0.4) is 0 Å². The third-order valence-electron chi connectivity index (χ3n) is 3.97. The third-order valence-corrected chi connectivity index (χ3v) is 3.97. The molecule has 110 valence electrons. The van der Waals surface area contributed by atoms with Crippen molar-refractivity contribution in [3.05, 3.63) is 47.8 Å². The second kappa shape index (κ2) is 5.45. The first-order valence-corrected chi connectivity index (χ1v) is 7.17. The zero-order valence-electron chi connectivity index (χ0n) is 12.0. The van der Waals surface area contributed by atoms with E-state index in [9.17, 15) is 9.18 Å². The highest BCUT2D eigenvalue weighted by Crippen LogP contribution is 2.24. The maximum absolute atomic E-state index is 13.8. The molecule has 0 bridgehead atoms. The minimum Gasteiger partial charge on any atom is -0.379 e. The van der Waals surface area contributed by atoms with Gasteiger partial charge in [0.1, 0.15) is 5.82 Å². The molecule has 21 heavy (non-hydrogen) atoms. The van der Waals surface area contributed by atoms with Crippen molar-refractivity contribution in [3.8, 4) is 0 Å². The molecule has 1 amide bonds. The second-order valence-corrected chi connectivity index (χ2v) is 5.81. The van der Waals surface area contributed by atoms with E-state index in [0.29, 0.717) is 22.9 Å². The Morgan fingerprint density at radius 1 is 1.24 bits per heavy atom. The average molecular weight is 287 g/mol. The van der Waals surface area contributed by atoms with Crippen molar-refractivity contribution in [1.82, 2.24) is 5.32 Å². The number of carbonyl (C=O) groups excluding carboxylic acids is 1. The first-order chi connectivity index (χ1) is 10.1. The van der Waals surface area contributed by atoms with Crippen molar-refractivity contribution in [2.75, 3.05) is 13.2 Å². The van der Waals surface area contributed by atoms with E-state index in [0.717, 1.165) is 19.4 Å². The van der Waals surface area contributed by atoms with Gasteiger partial charge in [0.2, 0.25) is 0 Å². The Labute approximate surface area is 123 Å². The van der Waals surface area contributed by atoms with Crippen LogP contribution in [0.1, 0.15) is 30.1 Å². The highest BCUT2D eigenvalue weighted by molar-refractivity contribution is 6.07. The summed E-state index contributed by atoms with van der Waals surface area (Å²) in [6.45, 7) is 3.23. The number of benzene rings is 2. The van der Waals surface area contributed by atoms with Gasteiger partial charge in [0, 0.05) is 17.6 Å². The van der Waals surface area contributed by atoms with E-state index in [1.807, 2.05) is 13.0 Å². The summed E-state index contributed by atoms with van der Waals surface area (Å²) in [7, 11) is 0. The van der Waals surface area contributed by atoms with Crippen LogP contribution in [-0.4, -0.2) is 24.7 Å². The van der Waals surface area contributed by atoms with Crippen LogP contribution >= 0.6 is 0 Å². The minimum absolute atomic E-state index is 0.181. The van der Waals surface area contributed by atoms with E-state index in [1.165, 1.54) is 6.07 Å². The van der Waals surface area contributed by atoms with Crippen molar-refractivity contribution in [1.29, 1.82) is 0 Å². The number of hydrogen-bond donors (Lipinski definition) is 1. The van der Waals surface area contributed by atoms with Crippen molar-refractivity contribution in [3.63, 3.8) is 0 Å². The Hall–Kier alpha value is -1.94. The molecule has 0 aliphatic carbocycles. The number of halogens is 1. The molecule has 1 N–H and O–H groups in total. The molecule has 1 aliphatic rings. The number of carbonyl (C=O) groups is 1. The average Bonchev–Trinajstić information content (AvgIpc) is 2.48. The molecule has 0 spiro atoms. The molecule has 1 atom stereocenters. The molecule has 4 heteroatoms. The highest BCUT2D eigenvalue weighted by Gasteiger charge is 2.30. The maximum atomic E-state index is 13.8. The van der Waals surface area contributed by atoms with Crippen LogP contribution in [0.5, 0.6) is 0 Å². The fourth-order valence-electron chi connectivity index (χ4n) is 2.83. The number of ether oxygens (including phenoxy) is 1. The zero-order valence-corrected chi connectivity index (χ0v) is 12.0. The molecule has 0 radical (unpaired) electrons. The summed E-state index contributed by atoms with van der Waals surface area (Å²) in [4.78, 5) is 12.6. The summed E-state index contributed by atoms with van der Waals surface area (Å²) in [6, 6.07) is 9.92. The fraction of sp³-hybridized carbons (Fsp3) is 0.353. The van der Waals surface area contributed by atoms with E-state index >= 15 is 0 Å². The largest absolute Gasteiger partial charge is 0.379 e. The zero-order chi connectivity index (χ0) is 14.9. The Bertz CT molecular complexity index is 678. The van der Waals surface area contributed by atoms with Gasteiger partial charge in [0.15, 0.2) is 0 Å². The Balaban J connectivity index is 1.93. The van der Waals surface area contributed by atoms with E-state index in [2.05, 4.69) is 5.32 Å². The van der Waals surface area contributed by atoms with Gasteiger partial charge < -0.3 is 10.1 Å². The van der Waals surface area contributed by atoms with Crippen LogP contribution in [0.2, 0.25) is 0 Å². The lowest BCUT2D eigenvalue weighted by atomic mass is 9.94. The van der Waals surface area contributed by atoms with Crippen molar-refractivity contribution >= 4 is 16.7 Å². The molecule has 0 saturated carbocycles. The van der Waals surface area contributed by atoms with Gasteiger partial charge in [0.25, 0.3) is 5.91 Å². The highest BCUT2D eigenvalue weighted by atomic mass is 19.1. The molecule has 1 heterocycles. The van der Waals surface area contributed by atoms with Gasteiger partial charge >= 0.3 is 0 Å². The molecule has 1 unspecified atom stereocenters. The summed E-state index contributed by atoms with van der Waals surface area (Å²) in [5.74, 6) is -0.492. The lowest BCUT2D eigenvalue weighted by Crippen LogP contribution is -2.51. The Morgan fingerprint density at radius 2 is 2.00 bits per heavy atom. The van der Waals surface area contributed by atoms with Crippen LogP contribution in [0, 0.1) is 5.82 Å². The monoisotopic (exact) mass is 287 g/mol. The predicted octanol–water partition coefficient (Wildman–Crippen LogP) is 3.28. The molecule has 3 nitrogen and oxygen atoms in total. The van der Waals surface area contributed by atoms with Gasteiger partial charge in [0.05, 0.1) is 12.1 Å². The topological polar surface area (TPSA) is 38.3 Å². The third kappa shape index (κ3) is 2.76. The SMILES string of the molecule is CC1(NC(=O)c2ccc(F)c3ccccc23)CCCOC1. The van der Waals surface area contributed by atoms with Gasteiger partial charge in [-0.25, -0.2) is 4.39 Å². The van der Waals surface area contributed by atoms with E-state index in [1.54, 1.807) is 24.3 Å². The standard InChI is InChI=1S/C17H18FNO2/c1-17(9-4-10-21-11-17)19-16(20)14-7-8-15(18)13-6-3-2-5-12(13)14/h2-3,5-8H,4,9-11H2,1H3,(H,19,20). The smallest absolute Gasteiger partial charge is 0.252 e. The summed E-state index contributed by atoms with van der Waals surface area (Å²) in [5.41, 5.74) is 0.143. The second-order valence-electron chi connectivity index (χ2n) is 5.81. The summed E-state index contributed by atoms with van der Waals surface area (Å²) < 4.78 is 19.3. The molecule has 0 aromatic heterocycles. The van der Waals surface area contributed by atoms with Gasteiger partial charge in [-0.15, -0.1) is 0 Å². The van der Waals surface area contributed by atoms with Crippen LogP contribution in [0.4, 0.5) is 4.39 Å². The van der Waals surface area contributed by atoms with Crippen LogP contribution in [0.25, 0.3) is 10.8 Å². The van der Waals surface area contributed by atoms with Gasteiger partial charge in [-0.05, 0) is 37.3 Å². The Kier molecular flexibility index (Phi) is 3.64. The van der Waals surface area contributed by atoms with E-state index in [-0.39, 0.29) is 17.3 Å². The van der Waals surface area contributed by atoms with Gasteiger partial charge in [-0.3, -0.25) is 4.79 Å². The first kappa shape index (κ1) is 14.0. The molecular weight excluding hydrogens is 269 g/mol. The lowest BCUT2D eigenvalue weighted by Gasteiger charge is -2.34. The summed E-state index contributed by atoms with van der Waals surface area (Å²) >= 11 is 0. The summed E-state index contributed by atoms with van der Waals surface area (Å²) in [6.07, 6.45) is 1.82. The normalized spacial score (nSPS) is 22.2. The van der Waals surface area contributed by atoms with Crippen LogP contribution in [0.15, 0.2) is 36.4 Å². The fourth-order valence-corrected chi connectivity index (χ4v) is 2.83. The van der Waals surface area contributed by atoms with Gasteiger partial charge in [-0.1, -0.05) is 24.3 Å². The molecular formula is C17H18FNO2. The van der Waals surface area contributed by atoms with E-state index < -0.39 is 0 Å².